The summed E-state index contributed by atoms with van der Waals surface area (Å²) in [6.45, 7) is 8.93. The fourth-order valence-corrected chi connectivity index (χ4v) is 3.10. The van der Waals surface area contributed by atoms with Gasteiger partial charge in [-0.3, -0.25) is 4.79 Å². The van der Waals surface area contributed by atoms with Crippen molar-refractivity contribution in [3.63, 3.8) is 0 Å². The second-order valence-electron chi connectivity index (χ2n) is 7.10. The first kappa shape index (κ1) is 20.5. The molecule has 0 heterocycles. The van der Waals surface area contributed by atoms with Crippen molar-refractivity contribution in [2.75, 3.05) is 0 Å². The smallest absolute Gasteiger partial charge is 0.306 e. The summed E-state index contributed by atoms with van der Waals surface area (Å²) >= 11 is 0. The van der Waals surface area contributed by atoms with E-state index in [-0.39, 0.29) is 5.92 Å². The Hall–Kier alpha value is -0.530. The first-order valence-corrected chi connectivity index (χ1v) is 9.23. The summed E-state index contributed by atoms with van der Waals surface area (Å²) in [7, 11) is 0. The van der Waals surface area contributed by atoms with E-state index < -0.39 is 5.97 Å². The monoisotopic (exact) mass is 298 g/mol. The van der Waals surface area contributed by atoms with Gasteiger partial charge in [0.15, 0.2) is 0 Å². The van der Waals surface area contributed by atoms with Crippen LogP contribution in [0.4, 0.5) is 0 Å². The molecule has 2 atom stereocenters. The van der Waals surface area contributed by atoms with Gasteiger partial charge < -0.3 is 5.11 Å². The molecule has 0 bridgehead atoms. The number of hydrogen-bond acceptors (Lipinski definition) is 1. The van der Waals surface area contributed by atoms with Crippen molar-refractivity contribution in [1.29, 1.82) is 0 Å². The average molecular weight is 299 g/mol. The van der Waals surface area contributed by atoms with Crippen molar-refractivity contribution in [3.8, 4) is 0 Å². The van der Waals surface area contributed by atoms with E-state index in [1.165, 1.54) is 51.4 Å². The number of carboxylic acids is 1. The van der Waals surface area contributed by atoms with Gasteiger partial charge in [-0.2, -0.15) is 0 Å². The molecule has 2 nitrogen and oxygen atoms in total. The van der Waals surface area contributed by atoms with E-state index in [1.807, 2.05) is 0 Å². The Balaban J connectivity index is 4.18. The van der Waals surface area contributed by atoms with Gasteiger partial charge in [-0.15, -0.1) is 0 Å². The topological polar surface area (TPSA) is 37.3 Å². The largest absolute Gasteiger partial charge is 0.481 e. The normalized spacial score (nSPS) is 14.3. The number of carboxylic acid groups (broad SMARTS) is 1. The summed E-state index contributed by atoms with van der Waals surface area (Å²) in [6.07, 6.45) is 12.6. The maximum Gasteiger partial charge on any atom is 0.306 e. The third-order valence-corrected chi connectivity index (χ3v) is 4.47. The molecule has 0 aliphatic heterocycles. The lowest BCUT2D eigenvalue weighted by molar-refractivity contribution is -0.142. The minimum Gasteiger partial charge on any atom is -0.481 e. The molecule has 0 spiro atoms. The molecule has 0 saturated heterocycles. The van der Waals surface area contributed by atoms with Gasteiger partial charge in [0, 0.05) is 0 Å². The van der Waals surface area contributed by atoms with Crippen molar-refractivity contribution < 1.29 is 9.90 Å². The predicted molar refractivity (Wildman–Crippen MR) is 91.6 cm³/mol. The third-order valence-electron chi connectivity index (χ3n) is 4.47. The fraction of sp³-hybridized carbons (Fsp3) is 0.947. The van der Waals surface area contributed by atoms with Gasteiger partial charge in [-0.25, -0.2) is 0 Å². The highest BCUT2D eigenvalue weighted by Gasteiger charge is 2.22. The van der Waals surface area contributed by atoms with E-state index in [9.17, 15) is 9.90 Å². The van der Waals surface area contributed by atoms with Crippen LogP contribution in [0.1, 0.15) is 98.3 Å². The Labute approximate surface area is 132 Å². The van der Waals surface area contributed by atoms with Crippen molar-refractivity contribution in [1.82, 2.24) is 0 Å². The minimum atomic E-state index is -0.573. The fourth-order valence-electron chi connectivity index (χ4n) is 3.10. The zero-order valence-electron chi connectivity index (χ0n) is 14.9. The lowest BCUT2D eigenvalue weighted by atomic mass is 9.84. The molecular formula is C19H38O2. The van der Waals surface area contributed by atoms with Crippen LogP contribution in [-0.2, 0) is 4.79 Å². The molecule has 0 aromatic heterocycles. The van der Waals surface area contributed by atoms with Crippen LogP contribution in [0, 0.1) is 17.8 Å². The first-order valence-electron chi connectivity index (χ1n) is 9.23. The molecule has 0 aromatic rings. The van der Waals surface area contributed by atoms with Crippen LogP contribution >= 0.6 is 0 Å². The molecule has 1 N–H and O–H groups in total. The molecule has 0 fully saturated rings. The molecule has 0 aliphatic carbocycles. The second kappa shape index (κ2) is 13.2. The molecule has 2 unspecified atom stereocenters. The van der Waals surface area contributed by atoms with Crippen molar-refractivity contribution in [2.24, 2.45) is 17.8 Å². The number of aliphatic carboxylic acids is 1. The average Bonchev–Trinajstić information content (AvgIpc) is 2.42. The SMILES string of the molecule is CCCCCCCC(CC(CCC)CCC(C)C)C(=O)O. The molecule has 126 valence electrons. The quantitative estimate of drug-likeness (QED) is 0.383. The first-order chi connectivity index (χ1) is 10.0. The van der Waals surface area contributed by atoms with Gasteiger partial charge in [0.2, 0.25) is 0 Å². The number of rotatable bonds is 14. The molecule has 2 heteroatoms. The number of hydrogen-bond donors (Lipinski definition) is 1. The van der Waals surface area contributed by atoms with Gasteiger partial charge in [0.25, 0.3) is 0 Å². The van der Waals surface area contributed by atoms with Crippen LogP contribution in [0.25, 0.3) is 0 Å². The molecule has 0 saturated carbocycles. The Kier molecular flexibility index (Phi) is 12.8. The third kappa shape index (κ3) is 11.8. The van der Waals surface area contributed by atoms with Crippen molar-refractivity contribution >= 4 is 5.97 Å². The summed E-state index contributed by atoms with van der Waals surface area (Å²) in [6, 6.07) is 0. The van der Waals surface area contributed by atoms with Crippen molar-refractivity contribution in [3.05, 3.63) is 0 Å². The van der Waals surface area contributed by atoms with Crippen LogP contribution in [-0.4, -0.2) is 11.1 Å². The van der Waals surface area contributed by atoms with Crippen LogP contribution < -0.4 is 0 Å². The maximum absolute atomic E-state index is 11.5. The van der Waals surface area contributed by atoms with E-state index in [0.29, 0.717) is 5.92 Å². The second-order valence-corrected chi connectivity index (χ2v) is 7.10. The molecular weight excluding hydrogens is 260 g/mol. The van der Waals surface area contributed by atoms with E-state index in [4.69, 9.17) is 0 Å². The summed E-state index contributed by atoms with van der Waals surface area (Å²) < 4.78 is 0. The number of unbranched alkanes of at least 4 members (excludes halogenated alkanes) is 4. The highest BCUT2D eigenvalue weighted by atomic mass is 16.4. The van der Waals surface area contributed by atoms with Crippen LogP contribution in [0.2, 0.25) is 0 Å². The minimum absolute atomic E-state index is 0.115. The van der Waals surface area contributed by atoms with Crippen LogP contribution in [0.5, 0.6) is 0 Å². The predicted octanol–water partition coefficient (Wildman–Crippen LogP) is 6.29. The molecule has 0 amide bonds. The zero-order valence-corrected chi connectivity index (χ0v) is 14.9. The van der Waals surface area contributed by atoms with E-state index >= 15 is 0 Å². The molecule has 0 radical (unpaired) electrons. The summed E-state index contributed by atoms with van der Waals surface area (Å²) in [5.74, 6) is 0.641. The molecule has 0 aromatic carbocycles. The van der Waals surface area contributed by atoms with Gasteiger partial charge in [-0.1, -0.05) is 85.5 Å². The van der Waals surface area contributed by atoms with Crippen molar-refractivity contribution in [2.45, 2.75) is 98.3 Å². The van der Waals surface area contributed by atoms with E-state index in [2.05, 4.69) is 27.7 Å². The van der Waals surface area contributed by atoms with Gasteiger partial charge in [-0.05, 0) is 24.7 Å². The van der Waals surface area contributed by atoms with Gasteiger partial charge in [0.05, 0.1) is 5.92 Å². The van der Waals surface area contributed by atoms with E-state index in [0.717, 1.165) is 25.2 Å². The van der Waals surface area contributed by atoms with Crippen LogP contribution in [0.3, 0.4) is 0 Å². The highest BCUT2D eigenvalue weighted by molar-refractivity contribution is 5.69. The molecule has 0 aliphatic rings. The van der Waals surface area contributed by atoms with E-state index in [1.54, 1.807) is 0 Å². The standard InChI is InChI=1S/C19H38O2/c1-5-7-8-9-10-12-18(19(20)21)15-17(11-6-2)14-13-16(3)4/h16-18H,5-15H2,1-4H3,(H,20,21). The van der Waals surface area contributed by atoms with Crippen LogP contribution in [0.15, 0.2) is 0 Å². The number of carbonyl (C=O) groups is 1. The van der Waals surface area contributed by atoms with Gasteiger partial charge >= 0.3 is 5.97 Å². The summed E-state index contributed by atoms with van der Waals surface area (Å²) in [4.78, 5) is 11.5. The zero-order chi connectivity index (χ0) is 16.1. The van der Waals surface area contributed by atoms with Gasteiger partial charge in [0.1, 0.15) is 0 Å². The molecule has 21 heavy (non-hydrogen) atoms. The highest BCUT2D eigenvalue weighted by Crippen LogP contribution is 2.27. The Morgan fingerprint density at radius 2 is 1.52 bits per heavy atom. The summed E-state index contributed by atoms with van der Waals surface area (Å²) in [5, 5.41) is 9.47. The lowest BCUT2D eigenvalue weighted by Crippen LogP contribution is -2.18. The lowest BCUT2D eigenvalue weighted by Gasteiger charge is -2.21. The Morgan fingerprint density at radius 1 is 0.857 bits per heavy atom. The molecule has 0 rings (SSSR count). The Bertz CT molecular complexity index is 248. The Morgan fingerprint density at radius 3 is 2.05 bits per heavy atom. The maximum atomic E-state index is 11.5. The summed E-state index contributed by atoms with van der Waals surface area (Å²) in [5.41, 5.74) is 0.